The van der Waals surface area contributed by atoms with E-state index in [1.54, 1.807) is 11.3 Å². The molecule has 1 heterocycles. The van der Waals surface area contributed by atoms with Gasteiger partial charge in [-0.05, 0) is 69.8 Å². The van der Waals surface area contributed by atoms with Crippen molar-refractivity contribution in [3.05, 3.63) is 52.9 Å². The lowest BCUT2D eigenvalue weighted by molar-refractivity contribution is 0.229. The number of ether oxygens (including phenoxy) is 2. The molecule has 4 nitrogen and oxygen atoms in total. The lowest BCUT2D eigenvalue weighted by atomic mass is 10.1. The molecule has 0 aliphatic rings. The van der Waals surface area contributed by atoms with Crippen molar-refractivity contribution in [1.82, 2.24) is 4.98 Å². The smallest absolute Gasteiger partial charge is 0.156 e. The number of thiazole rings is 1. The zero-order valence-corrected chi connectivity index (χ0v) is 17.9. The van der Waals surface area contributed by atoms with E-state index in [0.29, 0.717) is 10.7 Å². The highest BCUT2D eigenvalue weighted by atomic mass is 32.2. The summed E-state index contributed by atoms with van der Waals surface area (Å²) in [4.78, 5) is 5.16. The van der Waals surface area contributed by atoms with Gasteiger partial charge in [-0.2, -0.15) is 5.26 Å². The minimum atomic E-state index is 0.0175. The average molecular weight is 411 g/mol. The van der Waals surface area contributed by atoms with Gasteiger partial charge in [0.2, 0.25) is 0 Å². The Labute approximate surface area is 173 Å². The minimum absolute atomic E-state index is 0.0175. The molecule has 3 rings (SSSR count). The number of nitriles is 1. The van der Waals surface area contributed by atoms with E-state index in [1.807, 2.05) is 76.2 Å². The van der Waals surface area contributed by atoms with Crippen LogP contribution in [0.2, 0.25) is 0 Å². The Balaban J connectivity index is 1.90. The molecule has 0 radical (unpaired) electrons. The number of nitrogens with zero attached hydrogens (tertiary/aromatic N) is 2. The van der Waals surface area contributed by atoms with Crippen molar-refractivity contribution in [2.45, 2.75) is 44.2 Å². The molecule has 0 spiro atoms. The van der Waals surface area contributed by atoms with E-state index in [2.05, 4.69) is 11.1 Å². The second kappa shape index (κ2) is 9.13. The van der Waals surface area contributed by atoms with Crippen molar-refractivity contribution < 1.29 is 9.47 Å². The number of hydrogen-bond donors (Lipinski definition) is 0. The maximum atomic E-state index is 9.64. The van der Waals surface area contributed by atoms with E-state index in [0.717, 1.165) is 25.9 Å². The van der Waals surface area contributed by atoms with Crippen LogP contribution in [0.3, 0.4) is 0 Å². The van der Waals surface area contributed by atoms with Crippen LogP contribution in [0.5, 0.6) is 11.5 Å². The molecule has 0 amide bonds. The van der Waals surface area contributed by atoms with Gasteiger partial charge in [0, 0.05) is 11.6 Å². The summed E-state index contributed by atoms with van der Waals surface area (Å²) < 4.78 is 13.7. The Morgan fingerprint density at radius 3 is 2.54 bits per heavy atom. The molecule has 0 saturated carbocycles. The molecule has 3 aromatic rings. The van der Waals surface area contributed by atoms with Crippen LogP contribution in [0.1, 0.15) is 33.3 Å². The lowest BCUT2D eigenvalue weighted by Gasteiger charge is -2.16. The Hall–Kier alpha value is -2.49. The number of aromatic nitrogens is 1. The van der Waals surface area contributed by atoms with Gasteiger partial charge in [0.25, 0.3) is 0 Å². The van der Waals surface area contributed by atoms with Gasteiger partial charge < -0.3 is 9.47 Å². The second-order valence-corrected chi connectivity index (χ2v) is 9.02. The molecule has 1 aromatic heterocycles. The summed E-state index contributed by atoms with van der Waals surface area (Å²) in [5.41, 5.74) is 1.79. The number of allylic oxidation sites excluding steroid dienone is 1. The molecule has 0 bridgehead atoms. The van der Waals surface area contributed by atoms with Crippen molar-refractivity contribution in [1.29, 1.82) is 5.26 Å². The van der Waals surface area contributed by atoms with E-state index in [-0.39, 0.29) is 12.2 Å². The summed E-state index contributed by atoms with van der Waals surface area (Å²) in [6.07, 6.45) is 1.94. The third-order valence-corrected chi connectivity index (χ3v) is 5.61. The highest BCUT2D eigenvalue weighted by molar-refractivity contribution is 8.05. The van der Waals surface area contributed by atoms with Gasteiger partial charge in [-0.1, -0.05) is 12.1 Å². The fourth-order valence-electron chi connectivity index (χ4n) is 2.55. The Bertz CT molecular complexity index is 999. The summed E-state index contributed by atoms with van der Waals surface area (Å²) in [5, 5.41) is 9.64. The number of benzene rings is 2. The van der Waals surface area contributed by atoms with Crippen LogP contribution in [0.25, 0.3) is 16.3 Å². The molecule has 0 aliphatic carbocycles. The van der Waals surface area contributed by atoms with Crippen LogP contribution in [0.15, 0.2) is 51.7 Å². The summed E-state index contributed by atoms with van der Waals surface area (Å²) in [6.45, 7) is 7.92. The third kappa shape index (κ3) is 5.28. The predicted molar refractivity (Wildman–Crippen MR) is 117 cm³/mol. The van der Waals surface area contributed by atoms with Crippen LogP contribution < -0.4 is 9.47 Å². The fraction of sp³-hybridized carbons (Fsp3) is 0.273. The summed E-state index contributed by atoms with van der Waals surface area (Å²) >= 11 is 2.96. The van der Waals surface area contributed by atoms with Gasteiger partial charge >= 0.3 is 0 Å². The summed E-state index contributed by atoms with van der Waals surface area (Å²) in [5.74, 6) is 1.45. The van der Waals surface area contributed by atoms with Crippen LogP contribution >= 0.6 is 23.1 Å². The Kier molecular flexibility index (Phi) is 6.61. The number of hydrogen-bond acceptors (Lipinski definition) is 6. The fourth-order valence-corrected chi connectivity index (χ4v) is 4.52. The quantitative estimate of drug-likeness (QED) is 0.327. The van der Waals surface area contributed by atoms with Crippen LogP contribution in [0.4, 0.5) is 0 Å². The number of thioether (sulfide) groups is 1. The van der Waals surface area contributed by atoms with Gasteiger partial charge in [0.1, 0.15) is 17.6 Å². The van der Waals surface area contributed by atoms with Crippen LogP contribution in [0, 0.1) is 11.3 Å². The molecule has 0 unspecified atom stereocenters. The van der Waals surface area contributed by atoms with Gasteiger partial charge in [-0.15, -0.1) is 11.3 Å². The molecule has 144 valence electrons. The number of fused-ring (bicyclic) bond motifs is 1. The third-order valence-electron chi connectivity index (χ3n) is 3.59. The van der Waals surface area contributed by atoms with E-state index < -0.39 is 0 Å². The molecule has 0 N–H and O–H groups in total. The summed E-state index contributed by atoms with van der Waals surface area (Å²) in [7, 11) is 0. The second-order valence-electron chi connectivity index (χ2n) is 6.70. The normalized spacial score (nSPS) is 11.8. The average Bonchev–Trinajstić information content (AvgIpc) is 3.04. The van der Waals surface area contributed by atoms with Gasteiger partial charge in [0.05, 0.1) is 27.3 Å². The molecule has 2 aromatic carbocycles. The monoisotopic (exact) mass is 410 g/mol. The van der Waals surface area contributed by atoms with Gasteiger partial charge in [0.15, 0.2) is 4.34 Å². The Morgan fingerprint density at radius 2 is 1.86 bits per heavy atom. The first-order valence-corrected chi connectivity index (χ1v) is 10.7. The molecular weight excluding hydrogens is 388 g/mol. The van der Waals surface area contributed by atoms with Crippen molar-refractivity contribution in [2.24, 2.45) is 0 Å². The molecular formula is C22H22N2O2S2. The summed E-state index contributed by atoms with van der Waals surface area (Å²) in [6, 6.07) is 15.9. The van der Waals surface area contributed by atoms with Crippen molar-refractivity contribution in [2.75, 3.05) is 0 Å². The highest BCUT2D eigenvalue weighted by Gasteiger charge is 2.11. The first kappa shape index (κ1) is 20.2. The number of para-hydroxylation sites is 1. The first-order valence-electron chi connectivity index (χ1n) is 9.07. The predicted octanol–water partition coefficient (Wildman–Crippen LogP) is 6.53. The minimum Gasteiger partial charge on any atom is -0.491 e. The van der Waals surface area contributed by atoms with Crippen molar-refractivity contribution in [3.63, 3.8) is 0 Å². The van der Waals surface area contributed by atoms with Gasteiger partial charge in [-0.3, -0.25) is 0 Å². The lowest BCUT2D eigenvalue weighted by Crippen LogP contribution is -2.09. The molecule has 0 fully saturated rings. The molecule has 0 atom stereocenters. The van der Waals surface area contributed by atoms with E-state index >= 15 is 0 Å². The topological polar surface area (TPSA) is 55.1 Å². The SMILES string of the molecule is CC(C)Oc1ccc(/C=C(/C#N)Sc2nc3ccccc3s2)c(OC(C)C)c1. The molecule has 6 heteroatoms. The molecule has 28 heavy (non-hydrogen) atoms. The van der Waals surface area contributed by atoms with E-state index in [1.165, 1.54) is 11.8 Å². The maximum Gasteiger partial charge on any atom is 0.156 e. The number of rotatable bonds is 7. The zero-order chi connectivity index (χ0) is 20.1. The standard InChI is InChI=1S/C22H22N2O2S2/c1-14(2)25-17-10-9-16(20(12-17)26-15(3)4)11-18(13-23)27-22-24-19-7-5-6-8-21(19)28-22/h5-12,14-15H,1-4H3/b18-11-. The van der Waals surface area contributed by atoms with Crippen LogP contribution in [-0.2, 0) is 0 Å². The largest absolute Gasteiger partial charge is 0.491 e. The van der Waals surface area contributed by atoms with Gasteiger partial charge in [-0.25, -0.2) is 4.98 Å². The Morgan fingerprint density at radius 1 is 1.11 bits per heavy atom. The molecule has 0 saturated heterocycles. The highest BCUT2D eigenvalue weighted by Crippen LogP contribution is 2.36. The van der Waals surface area contributed by atoms with Crippen molar-refractivity contribution in [3.8, 4) is 17.6 Å². The molecule has 0 aliphatic heterocycles. The van der Waals surface area contributed by atoms with E-state index in [4.69, 9.17) is 9.47 Å². The van der Waals surface area contributed by atoms with E-state index in [9.17, 15) is 5.26 Å². The van der Waals surface area contributed by atoms with Crippen LogP contribution in [-0.4, -0.2) is 17.2 Å². The first-order chi connectivity index (χ1) is 13.4. The van der Waals surface area contributed by atoms with Crippen molar-refractivity contribution >= 4 is 39.4 Å². The maximum absolute atomic E-state index is 9.64. The zero-order valence-electron chi connectivity index (χ0n) is 16.3.